The lowest BCUT2D eigenvalue weighted by molar-refractivity contribution is 0.175. The number of aliphatic hydroxyl groups is 1. The molecule has 0 amide bonds. The normalized spacial score (nSPS) is 12.1. The van der Waals surface area contributed by atoms with Gasteiger partial charge in [0, 0.05) is 23.3 Å². The predicted molar refractivity (Wildman–Crippen MR) is 109 cm³/mol. The first-order chi connectivity index (χ1) is 12.7. The lowest BCUT2D eigenvalue weighted by atomic mass is 10.1. The maximum absolute atomic E-state index is 10.1. The van der Waals surface area contributed by atoms with Crippen molar-refractivity contribution in [1.29, 1.82) is 0 Å². The Morgan fingerprint density at radius 3 is 2.54 bits per heavy atom. The van der Waals surface area contributed by atoms with Crippen LogP contribution in [0.1, 0.15) is 22.1 Å². The maximum Gasteiger partial charge on any atom is 0.183 e. The van der Waals surface area contributed by atoms with E-state index in [0.717, 1.165) is 35.6 Å². The molecule has 4 nitrogen and oxygen atoms in total. The first kappa shape index (κ1) is 18.9. The Morgan fingerprint density at radius 2 is 1.85 bits per heavy atom. The molecule has 0 saturated carbocycles. The highest BCUT2D eigenvalue weighted by Crippen LogP contribution is 2.19. The summed E-state index contributed by atoms with van der Waals surface area (Å²) in [6, 6.07) is 18.1. The summed E-state index contributed by atoms with van der Waals surface area (Å²) >= 11 is 7.32. The Kier molecular flexibility index (Phi) is 7.03. The largest absolute Gasteiger partial charge is 0.387 e. The van der Waals surface area contributed by atoms with Gasteiger partial charge in [0.25, 0.3) is 0 Å². The first-order valence-corrected chi connectivity index (χ1v) is 9.77. The molecule has 136 valence electrons. The number of aromatic nitrogens is 1. The van der Waals surface area contributed by atoms with Crippen molar-refractivity contribution in [2.45, 2.75) is 19.1 Å². The van der Waals surface area contributed by atoms with E-state index in [1.165, 1.54) is 16.9 Å². The highest BCUT2D eigenvalue weighted by molar-refractivity contribution is 7.15. The Balaban J connectivity index is 1.37. The highest BCUT2D eigenvalue weighted by atomic mass is 35.5. The number of anilines is 1. The zero-order chi connectivity index (χ0) is 18.2. The van der Waals surface area contributed by atoms with Crippen LogP contribution in [0.25, 0.3) is 0 Å². The number of rotatable bonds is 9. The maximum atomic E-state index is 10.1. The van der Waals surface area contributed by atoms with E-state index in [4.69, 9.17) is 11.6 Å². The molecule has 2 aromatic carbocycles. The van der Waals surface area contributed by atoms with E-state index in [9.17, 15) is 5.11 Å². The number of benzene rings is 2. The summed E-state index contributed by atoms with van der Waals surface area (Å²) in [7, 11) is 0. The van der Waals surface area contributed by atoms with Crippen LogP contribution in [0.5, 0.6) is 0 Å². The van der Waals surface area contributed by atoms with E-state index < -0.39 is 6.10 Å². The van der Waals surface area contributed by atoms with Crippen molar-refractivity contribution in [3.8, 4) is 0 Å². The van der Waals surface area contributed by atoms with E-state index in [0.29, 0.717) is 11.0 Å². The molecule has 0 saturated heterocycles. The lowest BCUT2D eigenvalue weighted by Crippen LogP contribution is -2.23. The number of halogens is 1. The van der Waals surface area contributed by atoms with Crippen molar-refractivity contribution < 1.29 is 5.11 Å². The molecule has 1 unspecified atom stereocenters. The minimum atomic E-state index is -0.469. The molecule has 0 aliphatic rings. The third kappa shape index (κ3) is 5.81. The van der Waals surface area contributed by atoms with Gasteiger partial charge in [-0.05, 0) is 36.2 Å². The molecule has 0 radical (unpaired) electrons. The zero-order valence-electron chi connectivity index (χ0n) is 14.4. The molecule has 3 N–H and O–H groups in total. The van der Waals surface area contributed by atoms with Crippen LogP contribution in [0.2, 0.25) is 4.47 Å². The number of aliphatic hydroxyl groups excluding tert-OH is 1. The van der Waals surface area contributed by atoms with Crippen molar-refractivity contribution in [3.05, 3.63) is 81.3 Å². The summed E-state index contributed by atoms with van der Waals surface area (Å²) in [5, 5.41) is 16.8. The number of nitrogens with zero attached hydrogens (tertiary/aromatic N) is 1. The summed E-state index contributed by atoms with van der Waals surface area (Å²) < 4.78 is 0.571. The van der Waals surface area contributed by atoms with Gasteiger partial charge in [-0.2, -0.15) is 0 Å². The van der Waals surface area contributed by atoms with Crippen LogP contribution in [0, 0.1) is 0 Å². The van der Waals surface area contributed by atoms with Crippen molar-refractivity contribution in [3.63, 3.8) is 0 Å². The van der Waals surface area contributed by atoms with Crippen LogP contribution in [0.15, 0.2) is 60.8 Å². The van der Waals surface area contributed by atoms with Gasteiger partial charge >= 0.3 is 0 Å². The molecule has 1 aromatic heterocycles. The molecule has 3 rings (SSSR count). The topological polar surface area (TPSA) is 57.2 Å². The summed E-state index contributed by atoms with van der Waals surface area (Å²) in [5.41, 5.74) is 3.28. The summed E-state index contributed by atoms with van der Waals surface area (Å²) in [5.74, 6) is 0. The van der Waals surface area contributed by atoms with E-state index in [1.54, 1.807) is 6.20 Å². The molecule has 0 spiro atoms. The molecule has 0 aliphatic carbocycles. The van der Waals surface area contributed by atoms with Gasteiger partial charge in [0.05, 0.1) is 12.6 Å². The van der Waals surface area contributed by atoms with Gasteiger partial charge in [-0.15, -0.1) is 11.3 Å². The van der Waals surface area contributed by atoms with Crippen molar-refractivity contribution in [2.24, 2.45) is 0 Å². The Hall–Kier alpha value is -1.92. The second kappa shape index (κ2) is 9.69. The third-order valence-corrected chi connectivity index (χ3v) is 5.17. The fourth-order valence-electron chi connectivity index (χ4n) is 2.61. The van der Waals surface area contributed by atoms with Gasteiger partial charge in [0.2, 0.25) is 0 Å². The molecule has 0 aliphatic heterocycles. The number of hydrogen-bond donors (Lipinski definition) is 3. The van der Waals surface area contributed by atoms with E-state index in [1.807, 2.05) is 30.3 Å². The molecule has 1 atom stereocenters. The molecule has 6 heteroatoms. The highest BCUT2D eigenvalue weighted by Gasteiger charge is 2.05. The van der Waals surface area contributed by atoms with Crippen LogP contribution in [-0.4, -0.2) is 23.2 Å². The number of thiazole rings is 1. The third-order valence-electron chi connectivity index (χ3n) is 4.06. The minimum Gasteiger partial charge on any atom is -0.387 e. The number of nitrogens with one attached hydrogen (secondary N) is 2. The van der Waals surface area contributed by atoms with E-state index >= 15 is 0 Å². The molecule has 1 heterocycles. The SMILES string of the molecule is OC(CNCCc1ccc(NCc2cnc(Cl)s2)cc1)c1ccccc1. The second-order valence-electron chi connectivity index (χ2n) is 6.01. The fraction of sp³-hybridized carbons (Fsp3) is 0.250. The smallest absolute Gasteiger partial charge is 0.183 e. The Labute approximate surface area is 162 Å². The van der Waals surface area contributed by atoms with Gasteiger partial charge in [-0.1, -0.05) is 54.1 Å². The molecule has 0 fully saturated rings. The average Bonchev–Trinajstić information content (AvgIpc) is 3.10. The summed E-state index contributed by atoms with van der Waals surface area (Å²) in [6.07, 6.45) is 2.25. The van der Waals surface area contributed by atoms with Gasteiger partial charge < -0.3 is 15.7 Å². The Bertz CT molecular complexity index is 792. The monoisotopic (exact) mass is 387 g/mol. The van der Waals surface area contributed by atoms with Crippen LogP contribution in [0.3, 0.4) is 0 Å². The lowest BCUT2D eigenvalue weighted by Gasteiger charge is -2.12. The Morgan fingerprint density at radius 1 is 1.08 bits per heavy atom. The van der Waals surface area contributed by atoms with Crippen LogP contribution < -0.4 is 10.6 Å². The zero-order valence-corrected chi connectivity index (χ0v) is 15.9. The quantitative estimate of drug-likeness (QED) is 0.480. The molecule has 26 heavy (non-hydrogen) atoms. The number of hydrogen-bond acceptors (Lipinski definition) is 5. The first-order valence-electron chi connectivity index (χ1n) is 8.57. The van der Waals surface area contributed by atoms with Gasteiger partial charge in [-0.3, -0.25) is 0 Å². The van der Waals surface area contributed by atoms with E-state index in [-0.39, 0.29) is 0 Å². The van der Waals surface area contributed by atoms with Crippen molar-refractivity contribution in [2.75, 3.05) is 18.4 Å². The molecule has 0 bridgehead atoms. The molecular formula is C20H22ClN3OS. The van der Waals surface area contributed by atoms with Gasteiger partial charge in [0.15, 0.2) is 4.47 Å². The van der Waals surface area contributed by atoms with Crippen molar-refractivity contribution in [1.82, 2.24) is 10.3 Å². The van der Waals surface area contributed by atoms with Crippen LogP contribution in [-0.2, 0) is 13.0 Å². The molecule has 3 aromatic rings. The average molecular weight is 388 g/mol. The fourth-order valence-corrected chi connectivity index (χ4v) is 3.53. The van der Waals surface area contributed by atoms with E-state index in [2.05, 4.69) is 39.9 Å². The second-order valence-corrected chi connectivity index (χ2v) is 7.71. The van der Waals surface area contributed by atoms with Gasteiger partial charge in [0.1, 0.15) is 0 Å². The molecular weight excluding hydrogens is 366 g/mol. The van der Waals surface area contributed by atoms with Crippen molar-refractivity contribution >= 4 is 28.6 Å². The standard InChI is InChI=1S/C20H22ClN3OS/c21-20-24-13-18(26-20)12-23-17-8-6-15(7-9-17)10-11-22-14-19(25)16-4-2-1-3-5-16/h1-9,13,19,22-23,25H,10-12,14H2. The minimum absolute atomic E-state index is 0.469. The summed E-state index contributed by atoms with van der Waals surface area (Å²) in [6.45, 7) is 2.11. The van der Waals surface area contributed by atoms with Crippen LogP contribution in [0.4, 0.5) is 5.69 Å². The van der Waals surface area contributed by atoms with Crippen LogP contribution >= 0.6 is 22.9 Å². The summed E-state index contributed by atoms with van der Waals surface area (Å²) in [4.78, 5) is 5.15. The predicted octanol–water partition coefficient (Wildman–Crippen LogP) is 4.27. The van der Waals surface area contributed by atoms with Gasteiger partial charge in [-0.25, -0.2) is 4.98 Å².